The van der Waals surface area contributed by atoms with Crippen LogP contribution in [0.2, 0.25) is 0 Å². The molecule has 0 atom stereocenters. The molecule has 1 heterocycles. The molecule has 4 amide bonds. The number of anilines is 1. The lowest BCUT2D eigenvalue weighted by Crippen LogP contribution is -2.54. The number of ether oxygens (including phenoxy) is 2. The fourth-order valence-electron chi connectivity index (χ4n) is 2.83. The zero-order valence-electron chi connectivity index (χ0n) is 16.1. The Labute approximate surface area is 190 Å². The van der Waals surface area contributed by atoms with Crippen LogP contribution in [0.3, 0.4) is 0 Å². The van der Waals surface area contributed by atoms with Crippen LogP contribution in [0.15, 0.2) is 42.0 Å². The van der Waals surface area contributed by atoms with E-state index in [1.165, 1.54) is 18.2 Å². The molecule has 158 valence electrons. The summed E-state index contributed by atoms with van der Waals surface area (Å²) in [6.45, 7) is 1.92. The van der Waals surface area contributed by atoms with Gasteiger partial charge in [0.25, 0.3) is 11.8 Å². The lowest BCUT2D eigenvalue weighted by molar-refractivity contribution is -0.122. The van der Waals surface area contributed by atoms with Crippen molar-refractivity contribution in [2.24, 2.45) is 0 Å². The molecule has 0 saturated carbocycles. The predicted molar refractivity (Wildman–Crippen MR) is 117 cm³/mol. The summed E-state index contributed by atoms with van der Waals surface area (Å²) in [4.78, 5) is 38.3. The number of carbonyl (C=O) groups is 3. The normalized spacial score (nSPS) is 15.0. The Bertz CT molecular complexity index is 1130. The summed E-state index contributed by atoms with van der Waals surface area (Å²) < 4.78 is 24.8. The second-order valence-corrected chi connectivity index (χ2v) is 7.31. The Hall–Kier alpha value is -3.46. The van der Waals surface area contributed by atoms with Crippen LogP contribution < -0.4 is 19.7 Å². The lowest BCUT2D eigenvalue weighted by Gasteiger charge is -2.26. The third kappa shape index (κ3) is 4.83. The fraction of sp³-hybridized carbons (Fsp3) is 0.143. The van der Waals surface area contributed by atoms with Gasteiger partial charge in [-0.3, -0.25) is 14.9 Å². The first-order valence-corrected chi connectivity index (χ1v) is 10.1. The van der Waals surface area contributed by atoms with Gasteiger partial charge in [-0.15, -0.1) is 0 Å². The second-order valence-electron chi connectivity index (χ2n) is 6.14. The number of nitrogens with zero attached hydrogens (tertiary/aromatic N) is 2. The molecule has 1 saturated heterocycles. The smallest absolute Gasteiger partial charge is 0.335 e. The molecule has 0 aromatic heterocycles. The molecule has 0 bridgehead atoms. The Morgan fingerprint density at radius 3 is 2.55 bits per heavy atom. The predicted octanol–water partition coefficient (Wildman–Crippen LogP) is 3.40. The first-order valence-electron chi connectivity index (χ1n) is 8.98. The number of halogens is 2. The zero-order valence-corrected chi connectivity index (χ0v) is 18.3. The Morgan fingerprint density at radius 2 is 1.90 bits per heavy atom. The Morgan fingerprint density at radius 1 is 1.19 bits per heavy atom. The summed E-state index contributed by atoms with van der Waals surface area (Å²) in [6, 6.07) is 8.89. The highest BCUT2D eigenvalue weighted by Crippen LogP contribution is 2.35. The van der Waals surface area contributed by atoms with Gasteiger partial charge in [0.15, 0.2) is 18.1 Å². The lowest BCUT2D eigenvalue weighted by atomic mass is 10.1. The van der Waals surface area contributed by atoms with E-state index < -0.39 is 23.7 Å². The van der Waals surface area contributed by atoms with Crippen LogP contribution in [0, 0.1) is 20.7 Å². The van der Waals surface area contributed by atoms with E-state index in [0.29, 0.717) is 27.2 Å². The van der Waals surface area contributed by atoms with Crippen LogP contribution in [-0.4, -0.2) is 31.1 Å². The van der Waals surface area contributed by atoms with Gasteiger partial charge in [0, 0.05) is 0 Å². The molecule has 0 spiro atoms. The summed E-state index contributed by atoms with van der Waals surface area (Å²) in [7, 11) is 0. The zero-order chi connectivity index (χ0) is 22.5. The van der Waals surface area contributed by atoms with Gasteiger partial charge in [0.05, 0.1) is 15.9 Å². The highest BCUT2D eigenvalue weighted by Gasteiger charge is 2.36. The maximum absolute atomic E-state index is 13.2. The van der Waals surface area contributed by atoms with Gasteiger partial charge in [-0.05, 0) is 77.6 Å². The number of nitrogens with one attached hydrogen (secondary N) is 1. The van der Waals surface area contributed by atoms with Gasteiger partial charge >= 0.3 is 6.03 Å². The van der Waals surface area contributed by atoms with Crippen molar-refractivity contribution in [3.63, 3.8) is 0 Å². The quantitative estimate of drug-likeness (QED) is 0.345. The van der Waals surface area contributed by atoms with Gasteiger partial charge in [-0.25, -0.2) is 14.1 Å². The SMILES string of the molecule is CCOc1cc(/C=C2\C(=O)NC(=O)N(c3ccc(F)cc3)C2=O)cc(I)c1OCC#N. The molecular formula is C21H15FIN3O5. The van der Waals surface area contributed by atoms with Crippen molar-refractivity contribution in [2.45, 2.75) is 6.92 Å². The maximum Gasteiger partial charge on any atom is 0.335 e. The van der Waals surface area contributed by atoms with E-state index in [0.717, 1.165) is 17.0 Å². The number of hydrogen-bond donors (Lipinski definition) is 1. The van der Waals surface area contributed by atoms with Gasteiger partial charge in [0.2, 0.25) is 0 Å². The Kier molecular flexibility index (Phi) is 6.86. The second kappa shape index (κ2) is 9.57. The molecule has 1 aliphatic heterocycles. The molecule has 2 aromatic carbocycles. The number of carbonyl (C=O) groups excluding carboxylic acids is 3. The highest BCUT2D eigenvalue weighted by molar-refractivity contribution is 14.1. The number of hydrogen-bond acceptors (Lipinski definition) is 6. The molecule has 2 aromatic rings. The minimum atomic E-state index is -0.927. The molecule has 3 rings (SSSR count). The van der Waals surface area contributed by atoms with E-state index in [1.54, 1.807) is 19.1 Å². The van der Waals surface area contributed by atoms with Crippen molar-refractivity contribution in [2.75, 3.05) is 18.1 Å². The van der Waals surface area contributed by atoms with Gasteiger partial charge < -0.3 is 9.47 Å². The summed E-state index contributed by atoms with van der Waals surface area (Å²) >= 11 is 1.99. The number of nitriles is 1. The van der Waals surface area contributed by atoms with Crippen LogP contribution in [0.4, 0.5) is 14.9 Å². The van der Waals surface area contributed by atoms with E-state index in [4.69, 9.17) is 14.7 Å². The van der Waals surface area contributed by atoms with Crippen molar-refractivity contribution in [1.82, 2.24) is 5.32 Å². The first-order chi connectivity index (χ1) is 14.8. The van der Waals surface area contributed by atoms with Crippen LogP contribution in [0.1, 0.15) is 12.5 Å². The molecular weight excluding hydrogens is 520 g/mol. The molecule has 0 radical (unpaired) electrons. The minimum Gasteiger partial charge on any atom is -0.490 e. The van der Waals surface area contributed by atoms with Crippen LogP contribution in [0.25, 0.3) is 6.08 Å². The van der Waals surface area contributed by atoms with E-state index in [-0.39, 0.29) is 17.9 Å². The maximum atomic E-state index is 13.2. The number of barbiturate groups is 1. The van der Waals surface area contributed by atoms with Crippen LogP contribution in [-0.2, 0) is 9.59 Å². The number of benzene rings is 2. The van der Waals surface area contributed by atoms with Gasteiger partial charge in [-0.1, -0.05) is 0 Å². The van der Waals surface area contributed by atoms with Crippen molar-refractivity contribution >= 4 is 52.2 Å². The third-order valence-corrected chi connectivity index (χ3v) is 4.91. The first kappa shape index (κ1) is 22.2. The molecule has 1 N–H and O–H groups in total. The summed E-state index contributed by atoms with van der Waals surface area (Å²) in [5.74, 6) is -1.53. The number of urea groups is 1. The van der Waals surface area contributed by atoms with E-state index in [9.17, 15) is 18.8 Å². The van der Waals surface area contributed by atoms with Gasteiger partial charge in [-0.2, -0.15) is 5.26 Å². The van der Waals surface area contributed by atoms with Crippen molar-refractivity contribution < 1.29 is 28.2 Å². The summed E-state index contributed by atoms with van der Waals surface area (Å²) in [5.41, 5.74) is 0.282. The molecule has 10 heteroatoms. The molecule has 8 nitrogen and oxygen atoms in total. The average molecular weight is 535 g/mol. The molecule has 0 aliphatic carbocycles. The van der Waals surface area contributed by atoms with E-state index >= 15 is 0 Å². The fourth-order valence-corrected chi connectivity index (χ4v) is 3.61. The minimum absolute atomic E-state index is 0.118. The summed E-state index contributed by atoms with van der Waals surface area (Å²) in [5, 5.41) is 10.9. The average Bonchev–Trinajstić information content (AvgIpc) is 2.72. The van der Waals surface area contributed by atoms with E-state index in [2.05, 4.69) is 5.32 Å². The topological polar surface area (TPSA) is 109 Å². The van der Waals surface area contributed by atoms with Crippen LogP contribution in [0.5, 0.6) is 11.5 Å². The molecule has 31 heavy (non-hydrogen) atoms. The van der Waals surface area contributed by atoms with Crippen LogP contribution >= 0.6 is 22.6 Å². The van der Waals surface area contributed by atoms with Crippen molar-refractivity contribution in [1.29, 1.82) is 5.26 Å². The van der Waals surface area contributed by atoms with E-state index in [1.807, 2.05) is 28.7 Å². The molecule has 0 unspecified atom stereocenters. The van der Waals surface area contributed by atoms with Crippen molar-refractivity contribution in [3.05, 3.63) is 56.9 Å². The Balaban J connectivity index is 2.02. The van der Waals surface area contributed by atoms with Crippen molar-refractivity contribution in [3.8, 4) is 17.6 Å². The number of imide groups is 2. The molecule has 1 fully saturated rings. The monoisotopic (exact) mass is 535 g/mol. The number of rotatable bonds is 6. The molecule has 1 aliphatic rings. The number of amides is 4. The highest BCUT2D eigenvalue weighted by atomic mass is 127. The largest absolute Gasteiger partial charge is 0.490 e. The summed E-state index contributed by atoms with van der Waals surface area (Å²) in [6.07, 6.45) is 1.32. The standard InChI is InChI=1S/C21H15FIN3O5/c1-2-30-17-11-12(10-16(23)18(17)31-8-7-24)9-15-19(27)25-21(29)26(20(15)28)14-5-3-13(22)4-6-14/h3-6,9-11H,2,8H2,1H3,(H,25,27,29)/b15-9+. The third-order valence-electron chi connectivity index (χ3n) is 4.11. The van der Waals surface area contributed by atoms with Gasteiger partial charge in [0.1, 0.15) is 17.5 Å².